The molecule has 0 bridgehead atoms. The zero-order valence-electron chi connectivity index (χ0n) is 28.0. The summed E-state index contributed by atoms with van der Waals surface area (Å²) >= 11 is 0. The number of furan rings is 2. The van der Waals surface area contributed by atoms with Crippen LogP contribution in [0.25, 0.3) is 82.5 Å². The number of fused-ring (bicyclic) bond motifs is 9. The average Bonchev–Trinajstić information content (AvgIpc) is 3.88. The molecular weight excluding hydrogens is 637 g/mol. The largest absolute Gasteiger partial charge is 0.456 e. The smallest absolute Gasteiger partial charge is 0.159 e. The molecule has 0 amide bonds. The van der Waals surface area contributed by atoms with E-state index in [1.807, 2.05) is 18.2 Å². The topological polar surface area (TPSA) is 34.5 Å². The van der Waals surface area contributed by atoms with Crippen molar-refractivity contribution in [2.75, 3.05) is 4.90 Å². The van der Waals surface area contributed by atoms with E-state index in [4.69, 9.17) is 8.83 Å². The minimum Gasteiger partial charge on any atom is -0.456 e. The van der Waals surface area contributed by atoms with Gasteiger partial charge in [-0.1, -0.05) is 115 Å². The van der Waals surface area contributed by atoms with Crippen LogP contribution < -0.4 is 4.90 Å². The Balaban J connectivity index is 1.23. The Kier molecular flexibility index (Phi) is 6.22. The number of rotatable bonds is 5. The van der Waals surface area contributed by atoms with Crippen LogP contribution in [0.4, 0.5) is 17.1 Å². The van der Waals surface area contributed by atoms with Gasteiger partial charge in [0.05, 0.1) is 16.7 Å². The van der Waals surface area contributed by atoms with Gasteiger partial charge in [0, 0.05) is 49.4 Å². The first-order chi connectivity index (χ1) is 25.8. The fraction of sp³-hybridized carbons (Fsp3) is 0. The van der Waals surface area contributed by atoms with Crippen molar-refractivity contribution in [1.82, 2.24) is 4.57 Å². The molecule has 0 fully saturated rings. The molecular formula is C48H30N2O2. The number of hydrogen-bond acceptors (Lipinski definition) is 3. The van der Waals surface area contributed by atoms with Gasteiger partial charge in [0.15, 0.2) is 5.58 Å². The van der Waals surface area contributed by atoms with Crippen LogP contribution in [0.1, 0.15) is 0 Å². The molecule has 0 atom stereocenters. The third kappa shape index (κ3) is 4.34. The van der Waals surface area contributed by atoms with Crippen molar-refractivity contribution in [2.45, 2.75) is 0 Å². The second-order valence-corrected chi connectivity index (χ2v) is 13.3. The molecule has 0 aliphatic heterocycles. The SMILES string of the molecule is c1ccc(-c2ccc(N(c3ccc4oc5ccccc5c4c3)c3cc(-n4c5ccccc5c5ccccc54)cc4c3oc3ccccc34)cc2)cc1. The van der Waals surface area contributed by atoms with Crippen LogP contribution in [0.5, 0.6) is 0 Å². The van der Waals surface area contributed by atoms with Crippen molar-refractivity contribution >= 4 is 82.7 Å². The molecule has 52 heavy (non-hydrogen) atoms. The molecule has 0 aliphatic rings. The van der Waals surface area contributed by atoms with E-state index in [-0.39, 0.29) is 0 Å². The van der Waals surface area contributed by atoms with E-state index in [9.17, 15) is 0 Å². The molecule has 8 aromatic carbocycles. The van der Waals surface area contributed by atoms with E-state index in [0.717, 1.165) is 83.2 Å². The molecule has 244 valence electrons. The number of anilines is 3. The van der Waals surface area contributed by atoms with Crippen LogP contribution in [-0.2, 0) is 0 Å². The maximum atomic E-state index is 6.82. The van der Waals surface area contributed by atoms with Crippen molar-refractivity contribution in [3.63, 3.8) is 0 Å². The molecule has 0 N–H and O–H groups in total. The van der Waals surface area contributed by atoms with E-state index in [2.05, 4.69) is 173 Å². The molecule has 0 saturated heterocycles. The first-order valence-corrected chi connectivity index (χ1v) is 17.6. The summed E-state index contributed by atoms with van der Waals surface area (Å²) < 4.78 is 15.5. The van der Waals surface area contributed by atoms with Gasteiger partial charge >= 0.3 is 0 Å². The monoisotopic (exact) mass is 666 g/mol. The van der Waals surface area contributed by atoms with Crippen LogP contribution in [-0.4, -0.2) is 4.57 Å². The van der Waals surface area contributed by atoms with Gasteiger partial charge in [0.1, 0.15) is 16.7 Å². The van der Waals surface area contributed by atoms with Crippen molar-refractivity contribution < 1.29 is 8.83 Å². The normalized spacial score (nSPS) is 11.8. The molecule has 4 nitrogen and oxygen atoms in total. The number of nitrogens with zero attached hydrogens (tertiary/aromatic N) is 2. The van der Waals surface area contributed by atoms with E-state index in [1.54, 1.807) is 0 Å². The summed E-state index contributed by atoms with van der Waals surface area (Å²) in [5, 5.41) is 6.75. The van der Waals surface area contributed by atoms with E-state index < -0.39 is 0 Å². The lowest BCUT2D eigenvalue weighted by Crippen LogP contribution is -2.11. The second-order valence-electron chi connectivity index (χ2n) is 13.3. The average molecular weight is 667 g/mol. The summed E-state index contributed by atoms with van der Waals surface area (Å²) in [5.41, 5.74) is 12.1. The molecule has 0 aliphatic carbocycles. The Hall–Kier alpha value is -7.04. The predicted molar refractivity (Wildman–Crippen MR) is 215 cm³/mol. The molecule has 0 spiro atoms. The lowest BCUT2D eigenvalue weighted by molar-refractivity contribution is 0.669. The fourth-order valence-corrected chi connectivity index (χ4v) is 8.00. The van der Waals surface area contributed by atoms with Gasteiger partial charge in [-0.3, -0.25) is 0 Å². The Morgan fingerprint density at radius 3 is 1.62 bits per heavy atom. The lowest BCUT2D eigenvalue weighted by atomic mass is 10.0. The van der Waals surface area contributed by atoms with Gasteiger partial charge in [0.25, 0.3) is 0 Å². The zero-order valence-corrected chi connectivity index (χ0v) is 28.0. The molecule has 0 saturated carbocycles. The Morgan fingerprint density at radius 2 is 0.904 bits per heavy atom. The summed E-state index contributed by atoms with van der Waals surface area (Å²) in [7, 11) is 0. The Morgan fingerprint density at radius 1 is 0.365 bits per heavy atom. The van der Waals surface area contributed by atoms with Gasteiger partial charge in [-0.2, -0.15) is 0 Å². The van der Waals surface area contributed by atoms with Gasteiger partial charge < -0.3 is 18.3 Å². The summed E-state index contributed by atoms with van der Waals surface area (Å²) in [6.45, 7) is 0. The van der Waals surface area contributed by atoms with Gasteiger partial charge in [-0.15, -0.1) is 0 Å². The highest BCUT2D eigenvalue weighted by atomic mass is 16.3. The Bertz CT molecular complexity index is 3080. The van der Waals surface area contributed by atoms with Crippen LogP contribution in [0.2, 0.25) is 0 Å². The summed E-state index contributed by atoms with van der Waals surface area (Å²) in [4.78, 5) is 2.33. The van der Waals surface area contributed by atoms with Gasteiger partial charge in [-0.05, 0) is 77.9 Å². The molecule has 3 aromatic heterocycles. The summed E-state index contributed by atoms with van der Waals surface area (Å²) in [5.74, 6) is 0. The van der Waals surface area contributed by atoms with E-state index in [0.29, 0.717) is 0 Å². The highest BCUT2D eigenvalue weighted by Gasteiger charge is 2.23. The first kappa shape index (κ1) is 28.8. The lowest BCUT2D eigenvalue weighted by Gasteiger charge is -2.26. The number of benzene rings is 8. The van der Waals surface area contributed by atoms with Crippen LogP contribution in [0.3, 0.4) is 0 Å². The van der Waals surface area contributed by atoms with Crippen molar-refractivity contribution in [3.8, 4) is 16.8 Å². The van der Waals surface area contributed by atoms with Crippen molar-refractivity contribution in [1.29, 1.82) is 0 Å². The van der Waals surface area contributed by atoms with Gasteiger partial charge in [0.2, 0.25) is 0 Å². The molecule has 0 radical (unpaired) electrons. The molecule has 3 heterocycles. The third-order valence-corrected chi connectivity index (χ3v) is 10.4. The van der Waals surface area contributed by atoms with Crippen LogP contribution in [0, 0.1) is 0 Å². The minimum atomic E-state index is 0.829. The van der Waals surface area contributed by atoms with Gasteiger partial charge in [-0.25, -0.2) is 0 Å². The molecule has 11 aromatic rings. The molecule has 4 heteroatoms. The fourth-order valence-electron chi connectivity index (χ4n) is 8.00. The quantitative estimate of drug-likeness (QED) is 0.183. The minimum absolute atomic E-state index is 0.829. The standard InChI is InChI=1S/C48H30N2O2/c1-2-12-31(13-3-1)32-22-24-33(25-23-32)49(34-26-27-47-40(28-34)38-16-6-10-20-45(38)51-47)44-30-35(29-41-39-17-7-11-21-46(39)52-48(41)44)50-42-18-8-4-14-36(42)37-15-5-9-19-43(37)50/h1-30H. The molecule has 11 rings (SSSR count). The Labute approximate surface area is 299 Å². The van der Waals surface area contributed by atoms with Crippen LogP contribution in [0.15, 0.2) is 191 Å². The highest BCUT2D eigenvalue weighted by Crippen LogP contribution is 2.46. The highest BCUT2D eigenvalue weighted by molar-refractivity contribution is 6.14. The number of aromatic nitrogens is 1. The number of para-hydroxylation sites is 4. The third-order valence-electron chi connectivity index (χ3n) is 10.4. The van der Waals surface area contributed by atoms with Crippen molar-refractivity contribution in [3.05, 3.63) is 182 Å². The maximum Gasteiger partial charge on any atom is 0.159 e. The first-order valence-electron chi connectivity index (χ1n) is 17.6. The number of hydrogen-bond donors (Lipinski definition) is 0. The predicted octanol–water partition coefficient (Wildman–Crippen LogP) is 13.7. The van der Waals surface area contributed by atoms with Crippen molar-refractivity contribution in [2.24, 2.45) is 0 Å². The maximum absolute atomic E-state index is 6.82. The second kappa shape index (κ2) is 11.2. The summed E-state index contributed by atoms with van der Waals surface area (Å²) in [6.07, 6.45) is 0. The van der Waals surface area contributed by atoms with Crippen LogP contribution >= 0.6 is 0 Å². The summed E-state index contributed by atoms with van der Waals surface area (Å²) in [6, 6.07) is 64.3. The zero-order chi connectivity index (χ0) is 34.2. The van der Waals surface area contributed by atoms with E-state index in [1.165, 1.54) is 16.3 Å². The van der Waals surface area contributed by atoms with E-state index >= 15 is 0 Å². The molecule has 0 unspecified atom stereocenters.